The molecule has 1 unspecified atom stereocenters. The molecule has 4 rings (SSSR count). The first-order valence-electron chi connectivity index (χ1n) is 7.17. The summed E-state index contributed by atoms with van der Waals surface area (Å²) < 4.78 is 5.68. The number of nitrogen functional groups attached to an aromatic ring is 1. The van der Waals surface area contributed by atoms with Gasteiger partial charge in [0, 0.05) is 11.6 Å². The lowest BCUT2D eigenvalue weighted by atomic mass is 9.91. The van der Waals surface area contributed by atoms with Crippen molar-refractivity contribution in [2.45, 2.75) is 12.8 Å². The van der Waals surface area contributed by atoms with Crippen molar-refractivity contribution >= 4 is 17.7 Å². The SMILES string of the molecule is COC1=CC2=C(C=CCC2)C2=c3c(N)nncc3=C[N+]12OC. The third kappa shape index (κ3) is 1.51. The highest BCUT2D eigenvalue weighted by Crippen LogP contribution is 2.43. The molecule has 3 aliphatic rings. The Bertz CT molecular complexity index is 882. The molecule has 0 fully saturated rings. The Morgan fingerprint density at radius 1 is 1.32 bits per heavy atom. The molecule has 0 spiro atoms. The summed E-state index contributed by atoms with van der Waals surface area (Å²) in [5.74, 6) is 1.12. The third-order valence-corrected chi connectivity index (χ3v) is 4.39. The van der Waals surface area contributed by atoms with Crippen LogP contribution < -0.4 is 16.2 Å². The maximum absolute atomic E-state index is 6.11. The van der Waals surface area contributed by atoms with Crippen LogP contribution in [0.5, 0.6) is 0 Å². The lowest BCUT2D eigenvalue weighted by molar-refractivity contribution is -0.962. The summed E-state index contributed by atoms with van der Waals surface area (Å²) >= 11 is 0. The third-order valence-electron chi connectivity index (χ3n) is 4.39. The van der Waals surface area contributed by atoms with Crippen molar-refractivity contribution in [2.75, 3.05) is 20.0 Å². The molecule has 6 nitrogen and oxygen atoms in total. The van der Waals surface area contributed by atoms with Crippen LogP contribution in [0.25, 0.3) is 11.9 Å². The number of ether oxygens (including phenoxy) is 1. The molecule has 112 valence electrons. The molecule has 2 N–H and O–H groups in total. The van der Waals surface area contributed by atoms with Gasteiger partial charge in [0.25, 0.3) is 0 Å². The number of anilines is 1. The van der Waals surface area contributed by atoms with Gasteiger partial charge in [-0.25, -0.2) is 0 Å². The van der Waals surface area contributed by atoms with Crippen molar-refractivity contribution in [3.63, 3.8) is 0 Å². The number of fused-ring (bicyclic) bond motifs is 3. The summed E-state index contributed by atoms with van der Waals surface area (Å²) in [4.78, 5) is 5.87. The lowest BCUT2D eigenvalue weighted by Gasteiger charge is -2.34. The van der Waals surface area contributed by atoms with Gasteiger partial charge in [-0.3, -0.25) is 0 Å². The molecule has 0 bridgehead atoms. The number of allylic oxidation sites excluding steroid dienone is 3. The fourth-order valence-electron chi connectivity index (χ4n) is 3.42. The van der Waals surface area contributed by atoms with Gasteiger partial charge in [-0.1, -0.05) is 16.8 Å². The molecule has 1 aromatic heterocycles. The van der Waals surface area contributed by atoms with E-state index in [9.17, 15) is 0 Å². The molecule has 0 aromatic carbocycles. The van der Waals surface area contributed by atoms with Crippen LogP contribution in [-0.4, -0.2) is 29.1 Å². The Labute approximate surface area is 127 Å². The summed E-state index contributed by atoms with van der Waals surface area (Å²) in [5, 5.41) is 9.74. The molecule has 1 aliphatic carbocycles. The zero-order valence-electron chi connectivity index (χ0n) is 12.5. The summed E-state index contributed by atoms with van der Waals surface area (Å²) in [6.07, 6.45) is 12.0. The van der Waals surface area contributed by atoms with Crippen molar-refractivity contribution < 1.29 is 14.2 Å². The fourth-order valence-corrected chi connectivity index (χ4v) is 3.42. The topological polar surface area (TPSA) is 70.3 Å². The molecule has 6 heteroatoms. The predicted molar refractivity (Wildman–Crippen MR) is 81.3 cm³/mol. The normalized spacial score (nSPS) is 25.2. The summed E-state index contributed by atoms with van der Waals surface area (Å²) in [7, 11) is 3.31. The molecule has 0 saturated carbocycles. The molecule has 0 amide bonds. The number of nitrogens with two attached hydrogens (primary N) is 1. The van der Waals surface area contributed by atoms with E-state index < -0.39 is 0 Å². The number of aromatic nitrogens is 2. The van der Waals surface area contributed by atoms with Crippen LogP contribution in [0.3, 0.4) is 0 Å². The molecule has 2 aliphatic heterocycles. The molecule has 1 aromatic rings. The molecule has 1 atom stereocenters. The second kappa shape index (κ2) is 4.53. The van der Waals surface area contributed by atoms with Crippen molar-refractivity contribution in [3.05, 3.63) is 51.9 Å². The van der Waals surface area contributed by atoms with E-state index >= 15 is 0 Å². The number of hydrogen-bond donors (Lipinski definition) is 1. The summed E-state index contributed by atoms with van der Waals surface area (Å²) in [6, 6.07) is 0. The average molecular weight is 297 g/mol. The van der Waals surface area contributed by atoms with E-state index in [0.29, 0.717) is 11.7 Å². The molecule has 22 heavy (non-hydrogen) atoms. The zero-order chi connectivity index (χ0) is 15.3. The highest BCUT2D eigenvalue weighted by Gasteiger charge is 2.49. The number of rotatable bonds is 2. The quantitative estimate of drug-likeness (QED) is 0.802. The highest BCUT2D eigenvalue weighted by molar-refractivity contribution is 5.74. The molecule has 0 radical (unpaired) electrons. The van der Waals surface area contributed by atoms with Gasteiger partial charge < -0.3 is 10.5 Å². The minimum Gasteiger partial charge on any atom is -0.452 e. The minimum atomic E-state index is 0.0482. The van der Waals surface area contributed by atoms with E-state index in [1.807, 2.05) is 6.20 Å². The first-order chi connectivity index (χ1) is 10.7. The van der Waals surface area contributed by atoms with Crippen molar-refractivity contribution in [2.24, 2.45) is 0 Å². The number of hydroxylamine groups is 3. The first-order valence-corrected chi connectivity index (χ1v) is 7.17. The van der Waals surface area contributed by atoms with Gasteiger partial charge in [-0.05, 0) is 18.4 Å². The van der Waals surface area contributed by atoms with Crippen molar-refractivity contribution in [1.82, 2.24) is 10.2 Å². The van der Waals surface area contributed by atoms with Gasteiger partial charge in [0.05, 0.1) is 30.9 Å². The van der Waals surface area contributed by atoms with Crippen molar-refractivity contribution in [1.29, 1.82) is 0 Å². The van der Waals surface area contributed by atoms with E-state index in [4.69, 9.17) is 15.3 Å². The molecule has 3 heterocycles. The Morgan fingerprint density at radius 2 is 2.18 bits per heavy atom. The summed E-state index contributed by atoms with van der Waals surface area (Å²) in [6.45, 7) is 0. The average Bonchev–Trinajstić information content (AvgIpc) is 2.91. The Morgan fingerprint density at radius 3 is 2.95 bits per heavy atom. The fraction of sp³-hybridized carbons (Fsp3) is 0.250. The van der Waals surface area contributed by atoms with Crippen LogP contribution in [-0.2, 0) is 9.57 Å². The first kappa shape index (κ1) is 13.2. The Hall–Kier alpha value is -2.44. The van der Waals surface area contributed by atoms with Crippen molar-refractivity contribution in [3.8, 4) is 0 Å². The largest absolute Gasteiger partial charge is 0.452 e. The van der Waals surface area contributed by atoms with E-state index in [2.05, 4.69) is 28.4 Å². The molecule has 0 saturated heterocycles. The lowest BCUT2D eigenvalue weighted by Crippen LogP contribution is -2.42. The van der Waals surface area contributed by atoms with Crippen LogP contribution in [0, 0.1) is 0 Å². The van der Waals surface area contributed by atoms with Gasteiger partial charge in [0.1, 0.15) is 0 Å². The smallest absolute Gasteiger partial charge is 0.335 e. The highest BCUT2D eigenvalue weighted by atomic mass is 16.7. The maximum atomic E-state index is 6.11. The minimum absolute atomic E-state index is 0.0482. The summed E-state index contributed by atoms with van der Waals surface area (Å²) in [5.41, 5.74) is 9.43. The van der Waals surface area contributed by atoms with Crippen LogP contribution >= 0.6 is 0 Å². The Kier molecular flexibility index (Phi) is 2.72. The van der Waals surface area contributed by atoms with Gasteiger partial charge in [-0.15, -0.1) is 5.10 Å². The van der Waals surface area contributed by atoms with E-state index in [1.165, 1.54) is 5.57 Å². The van der Waals surface area contributed by atoms with Gasteiger partial charge in [0.2, 0.25) is 0 Å². The van der Waals surface area contributed by atoms with Gasteiger partial charge in [-0.2, -0.15) is 9.94 Å². The van der Waals surface area contributed by atoms with E-state index in [-0.39, 0.29) is 4.65 Å². The second-order valence-electron chi connectivity index (χ2n) is 5.45. The monoisotopic (exact) mass is 297 g/mol. The second-order valence-corrected chi connectivity index (χ2v) is 5.45. The van der Waals surface area contributed by atoms with Crippen LogP contribution in [0.4, 0.5) is 5.82 Å². The van der Waals surface area contributed by atoms with Crippen LogP contribution in [0.15, 0.2) is 41.5 Å². The predicted octanol–water partition coefficient (Wildman–Crippen LogP) is 0.445. The van der Waals surface area contributed by atoms with Gasteiger partial charge in [0.15, 0.2) is 17.7 Å². The van der Waals surface area contributed by atoms with E-state index in [1.54, 1.807) is 20.4 Å². The number of quaternary nitrogens is 1. The number of hydrogen-bond acceptors (Lipinski definition) is 5. The number of nitrogens with zero attached hydrogens (tertiary/aromatic N) is 3. The Balaban J connectivity index is 2.18. The zero-order valence-corrected chi connectivity index (χ0v) is 12.5. The molecular weight excluding hydrogens is 280 g/mol. The maximum Gasteiger partial charge on any atom is 0.335 e. The molecular formula is C16H17N4O2+. The standard InChI is InChI=1S/C16H17N4O2/c1-21-13-7-10-5-3-4-6-12(10)15-14-11(8-18-19-16(14)17)9-20(13,15)22-2/h4,6-9H,3,5H2,1-2H3,(H2,17,19)/q+1. The van der Waals surface area contributed by atoms with Crippen LogP contribution in [0.2, 0.25) is 0 Å². The van der Waals surface area contributed by atoms with Crippen LogP contribution in [0.1, 0.15) is 12.8 Å². The van der Waals surface area contributed by atoms with E-state index in [0.717, 1.165) is 34.5 Å². The van der Waals surface area contributed by atoms with Gasteiger partial charge >= 0.3 is 5.88 Å². The number of methoxy groups -OCH3 is 1.